The molecule has 0 aliphatic heterocycles. The number of anilines is 1. The summed E-state index contributed by atoms with van der Waals surface area (Å²) in [6.07, 6.45) is 3.50. The third-order valence-corrected chi connectivity index (χ3v) is 5.36. The van der Waals surface area contributed by atoms with Gasteiger partial charge in [0.05, 0.1) is 11.6 Å². The molecule has 0 unspecified atom stereocenters. The van der Waals surface area contributed by atoms with Crippen LogP contribution in [0.1, 0.15) is 36.1 Å². The van der Waals surface area contributed by atoms with Crippen molar-refractivity contribution >= 4 is 27.5 Å². The van der Waals surface area contributed by atoms with Gasteiger partial charge >= 0.3 is 0 Å². The Morgan fingerprint density at radius 1 is 1.24 bits per heavy atom. The molecule has 1 aliphatic carbocycles. The van der Waals surface area contributed by atoms with Crippen LogP contribution in [-0.4, -0.2) is 19.6 Å². The molecule has 2 aromatic carbocycles. The van der Waals surface area contributed by atoms with Crippen molar-refractivity contribution in [3.05, 3.63) is 57.6 Å². The lowest BCUT2D eigenvalue weighted by Crippen LogP contribution is -2.86. The first-order valence-electron chi connectivity index (χ1n) is 8.65. The Kier molecular flexibility index (Phi) is 5.76. The summed E-state index contributed by atoms with van der Waals surface area (Å²) >= 11 is 3.51. The van der Waals surface area contributed by atoms with E-state index >= 15 is 0 Å². The van der Waals surface area contributed by atoms with Gasteiger partial charge in [0.1, 0.15) is 11.8 Å². The summed E-state index contributed by atoms with van der Waals surface area (Å²) in [6.45, 7) is 2.48. The minimum Gasteiger partial charge on any atom is -0.496 e. The number of quaternary nitrogens is 1. The molecule has 0 spiro atoms. The first-order chi connectivity index (χ1) is 12.1. The van der Waals surface area contributed by atoms with Crippen molar-refractivity contribution in [1.29, 1.82) is 0 Å². The fraction of sp³-hybridized carbons (Fsp3) is 0.350. The number of methoxy groups -OCH3 is 1. The van der Waals surface area contributed by atoms with Crippen LogP contribution in [0, 0.1) is 0 Å². The maximum Gasteiger partial charge on any atom is 0.279 e. The molecular formula is C20H24BrN2O2+. The monoisotopic (exact) mass is 403 g/mol. The summed E-state index contributed by atoms with van der Waals surface area (Å²) in [7, 11) is 1.65. The number of ether oxygens (including phenoxy) is 1. The van der Waals surface area contributed by atoms with E-state index in [-0.39, 0.29) is 11.9 Å². The van der Waals surface area contributed by atoms with Crippen molar-refractivity contribution in [1.82, 2.24) is 0 Å². The Morgan fingerprint density at radius 3 is 2.80 bits per heavy atom. The molecule has 0 saturated carbocycles. The first kappa shape index (κ1) is 18.0. The van der Waals surface area contributed by atoms with Crippen LogP contribution >= 0.6 is 15.9 Å². The fourth-order valence-corrected chi connectivity index (χ4v) is 3.81. The van der Waals surface area contributed by atoms with E-state index in [1.165, 1.54) is 17.5 Å². The van der Waals surface area contributed by atoms with Crippen LogP contribution in [-0.2, 0) is 17.6 Å². The van der Waals surface area contributed by atoms with Gasteiger partial charge in [-0.25, -0.2) is 0 Å². The summed E-state index contributed by atoms with van der Waals surface area (Å²) in [6, 6.07) is 12.5. The predicted molar refractivity (Wildman–Crippen MR) is 103 cm³/mol. The number of nitrogens with two attached hydrogens (primary N) is 1. The maximum atomic E-state index is 12.2. The molecule has 0 saturated heterocycles. The fourth-order valence-electron chi connectivity index (χ4n) is 3.25. The first-order valence-corrected chi connectivity index (χ1v) is 9.44. The SMILES string of the molecule is COc1ccc([C@H](C)[NH2+]CC(=O)Nc2ccc3c(c2)CCC3)cc1Br. The number of hydrogen-bond acceptors (Lipinski definition) is 2. The minimum atomic E-state index is 0.0253. The normalized spacial score (nSPS) is 14.0. The number of fused-ring (bicyclic) bond motifs is 1. The molecule has 1 aliphatic rings. The van der Waals surface area contributed by atoms with Gasteiger partial charge in [0.15, 0.2) is 6.54 Å². The second-order valence-corrected chi connectivity index (χ2v) is 7.36. The summed E-state index contributed by atoms with van der Waals surface area (Å²) in [5, 5.41) is 5.05. The number of amides is 1. The Morgan fingerprint density at radius 2 is 2.04 bits per heavy atom. The summed E-state index contributed by atoms with van der Waals surface area (Å²) in [5.41, 5.74) is 4.85. The molecular weight excluding hydrogens is 380 g/mol. The number of carbonyl (C=O) groups is 1. The van der Waals surface area contributed by atoms with Gasteiger partial charge in [-0.1, -0.05) is 6.07 Å². The average molecular weight is 404 g/mol. The molecule has 3 N–H and O–H groups in total. The zero-order chi connectivity index (χ0) is 17.8. The Balaban J connectivity index is 1.54. The van der Waals surface area contributed by atoms with Crippen LogP contribution in [0.3, 0.4) is 0 Å². The van der Waals surface area contributed by atoms with Crippen molar-refractivity contribution in [2.24, 2.45) is 0 Å². The van der Waals surface area contributed by atoms with Gasteiger partial charge < -0.3 is 15.4 Å². The number of carbonyl (C=O) groups excluding carboxylic acids is 1. The lowest BCUT2D eigenvalue weighted by Gasteiger charge is -2.13. The Hall–Kier alpha value is -1.85. The zero-order valence-electron chi connectivity index (χ0n) is 14.6. The number of benzene rings is 2. The molecule has 0 bridgehead atoms. The number of halogens is 1. The van der Waals surface area contributed by atoms with E-state index in [9.17, 15) is 4.79 Å². The van der Waals surface area contributed by atoms with Gasteiger partial charge in [-0.3, -0.25) is 4.79 Å². The molecule has 4 nitrogen and oxygen atoms in total. The van der Waals surface area contributed by atoms with Crippen molar-refractivity contribution in [2.75, 3.05) is 19.0 Å². The molecule has 0 fully saturated rings. The van der Waals surface area contributed by atoms with Crippen LogP contribution in [0.15, 0.2) is 40.9 Å². The smallest absolute Gasteiger partial charge is 0.279 e. The van der Waals surface area contributed by atoms with Crippen LogP contribution in [0.2, 0.25) is 0 Å². The third-order valence-electron chi connectivity index (χ3n) is 4.74. The van der Waals surface area contributed by atoms with E-state index in [2.05, 4.69) is 40.3 Å². The maximum absolute atomic E-state index is 12.2. The van der Waals surface area contributed by atoms with Gasteiger partial charge in [0.2, 0.25) is 0 Å². The van der Waals surface area contributed by atoms with Gasteiger partial charge in [0, 0.05) is 11.3 Å². The second-order valence-electron chi connectivity index (χ2n) is 6.51. The predicted octanol–water partition coefficient (Wildman–Crippen LogP) is 3.21. The number of rotatable bonds is 6. The zero-order valence-corrected chi connectivity index (χ0v) is 16.2. The lowest BCUT2D eigenvalue weighted by molar-refractivity contribution is -0.682. The molecule has 132 valence electrons. The molecule has 1 atom stereocenters. The van der Waals surface area contributed by atoms with Crippen LogP contribution in [0.4, 0.5) is 5.69 Å². The molecule has 2 aromatic rings. The van der Waals surface area contributed by atoms with Crippen molar-refractivity contribution in [2.45, 2.75) is 32.2 Å². The van der Waals surface area contributed by atoms with Gasteiger partial charge in [-0.05, 0) is 83.6 Å². The van der Waals surface area contributed by atoms with Crippen LogP contribution < -0.4 is 15.4 Å². The van der Waals surface area contributed by atoms with Crippen molar-refractivity contribution in [3.8, 4) is 5.75 Å². The average Bonchev–Trinajstić information content (AvgIpc) is 3.07. The number of aryl methyl sites for hydroxylation is 2. The van der Waals surface area contributed by atoms with E-state index in [1.54, 1.807) is 7.11 Å². The van der Waals surface area contributed by atoms with Crippen LogP contribution in [0.25, 0.3) is 0 Å². The second kappa shape index (κ2) is 8.02. The molecule has 0 heterocycles. The topological polar surface area (TPSA) is 54.9 Å². The molecule has 3 rings (SSSR count). The highest BCUT2D eigenvalue weighted by Gasteiger charge is 2.15. The summed E-state index contributed by atoms with van der Waals surface area (Å²) in [5.74, 6) is 0.836. The molecule has 0 radical (unpaired) electrons. The largest absolute Gasteiger partial charge is 0.496 e. The number of nitrogens with one attached hydrogen (secondary N) is 1. The highest BCUT2D eigenvalue weighted by molar-refractivity contribution is 9.10. The van der Waals surface area contributed by atoms with E-state index < -0.39 is 0 Å². The highest BCUT2D eigenvalue weighted by Crippen LogP contribution is 2.27. The van der Waals surface area contributed by atoms with Crippen LogP contribution in [0.5, 0.6) is 5.75 Å². The standard InChI is InChI=1S/C20H23BrN2O2/c1-13(15-7-9-19(25-2)18(21)11-15)22-12-20(24)23-17-8-6-14-4-3-5-16(14)10-17/h6-11,13,22H,3-5,12H2,1-2H3,(H,23,24)/p+1/t13-/m0/s1. The lowest BCUT2D eigenvalue weighted by atomic mass is 10.1. The summed E-state index contributed by atoms with van der Waals surface area (Å²) in [4.78, 5) is 12.2. The van der Waals surface area contributed by atoms with E-state index in [0.29, 0.717) is 6.54 Å². The van der Waals surface area contributed by atoms with E-state index in [0.717, 1.165) is 34.3 Å². The van der Waals surface area contributed by atoms with Crippen molar-refractivity contribution in [3.63, 3.8) is 0 Å². The quantitative estimate of drug-likeness (QED) is 0.777. The molecule has 25 heavy (non-hydrogen) atoms. The molecule has 1 amide bonds. The molecule has 5 heteroatoms. The van der Waals surface area contributed by atoms with Gasteiger partial charge in [0.25, 0.3) is 5.91 Å². The van der Waals surface area contributed by atoms with Crippen molar-refractivity contribution < 1.29 is 14.8 Å². The van der Waals surface area contributed by atoms with Gasteiger partial charge in [-0.15, -0.1) is 0 Å². The van der Waals surface area contributed by atoms with E-state index in [4.69, 9.17) is 4.74 Å². The highest BCUT2D eigenvalue weighted by atomic mass is 79.9. The third kappa shape index (κ3) is 4.41. The van der Waals surface area contributed by atoms with Gasteiger partial charge in [-0.2, -0.15) is 0 Å². The Labute approximate surface area is 157 Å². The summed E-state index contributed by atoms with van der Waals surface area (Å²) < 4.78 is 6.18. The Bertz CT molecular complexity index is 776. The molecule has 0 aromatic heterocycles. The minimum absolute atomic E-state index is 0.0253. The number of hydrogen-bond donors (Lipinski definition) is 2. The van der Waals surface area contributed by atoms with E-state index in [1.807, 2.05) is 29.6 Å².